The minimum atomic E-state index is -0.551. The molecule has 0 saturated carbocycles. The monoisotopic (exact) mass is 361 g/mol. The van der Waals surface area contributed by atoms with Crippen molar-refractivity contribution in [3.8, 4) is 0 Å². The van der Waals surface area contributed by atoms with Crippen LogP contribution in [0.3, 0.4) is 0 Å². The maximum Gasteiger partial charge on any atom is 0.315 e. The Morgan fingerprint density at radius 3 is 2.65 bits per heavy atom. The van der Waals surface area contributed by atoms with Crippen LogP contribution in [0.5, 0.6) is 0 Å². The number of piperidine rings is 1. The van der Waals surface area contributed by atoms with Crippen LogP contribution in [0.15, 0.2) is 12.1 Å². The topological polar surface area (TPSA) is 44.4 Å². The molecule has 2 N–H and O–H groups in total. The van der Waals surface area contributed by atoms with Crippen molar-refractivity contribution in [1.29, 1.82) is 0 Å². The molecule has 0 radical (unpaired) electrons. The highest BCUT2D eigenvalue weighted by atomic mass is 35.5. The van der Waals surface area contributed by atoms with Crippen LogP contribution in [0.1, 0.15) is 37.8 Å². The first-order chi connectivity index (χ1) is 11.0. The Bertz CT molecular complexity index is 550. The second-order valence-corrected chi connectivity index (χ2v) is 6.63. The van der Waals surface area contributed by atoms with E-state index in [0.717, 1.165) is 19.6 Å². The summed E-state index contributed by atoms with van der Waals surface area (Å²) in [6, 6.07) is 1.90. The number of carbonyl (C=O) groups is 1. The highest BCUT2D eigenvalue weighted by Crippen LogP contribution is 2.28. The van der Waals surface area contributed by atoms with Crippen LogP contribution >= 0.6 is 23.2 Å². The summed E-state index contributed by atoms with van der Waals surface area (Å²) in [5, 5.41) is 5.88. The number of hydrogen-bond donors (Lipinski definition) is 2. The van der Waals surface area contributed by atoms with Gasteiger partial charge in [0.15, 0.2) is 0 Å². The zero-order chi connectivity index (χ0) is 16.8. The predicted octanol–water partition coefficient (Wildman–Crippen LogP) is 3.98. The van der Waals surface area contributed by atoms with Gasteiger partial charge in [-0.15, -0.1) is 0 Å². The van der Waals surface area contributed by atoms with Gasteiger partial charge in [-0.3, -0.25) is 0 Å². The fourth-order valence-corrected chi connectivity index (χ4v) is 3.25. The van der Waals surface area contributed by atoms with Gasteiger partial charge in [0.1, 0.15) is 5.82 Å². The number of likely N-dealkylation sites (tertiary alicyclic amines) is 1. The first-order valence-electron chi connectivity index (χ1n) is 7.88. The molecule has 0 bridgehead atoms. The zero-order valence-electron chi connectivity index (χ0n) is 13.2. The molecule has 1 heterocycles. The Balaban J connectivity index is 1.79. The Labute approximate surface area is 146 Å². The number of hydrogen-bond acceptors (Lipinski definition) is 2. The normalized spacial score (nSPS) is 16.9. The molecule has 2 rings (SSSR count). The maximum atomic E-state index is 13.5. The Morgan fingerprint density at radius 2 is 1.96 bits per heavy atom. The molecule has 1 fully saturated rings. The standard InChI is InChI=1S/C16H22Cl2FN3O/c1-11(12-9-15(19)14(18)10-13(12)17)21-16(23)20-5-8-22-6-3-2-4-7-22/h9-11H,2-8H2,1H3,(H2,20,21,23). The molecule has 1 unspecified atom stereocenters. The van der Waals surface area contributed by atoms with Crippen LogP contribution in [-0.4, -0.2) is 37.1 Å². The van der Waals surface area contributed by atoms with Crippen LogP contribution in [0, 0.1) is 5.82 Å². The van der Waals surface area contributed by atoms with E-state index in [1.807, 2.05) is 0 Å². The van der Waals surface area contributed by atoms with E-state index in [0.29, 0.717) is 17.1 Å². The second-order valence-electron chi connectivity index (χ2n) is 5.81. The lowest BCUT2D eigenvalue weighted by Gasteiger charge is -2.26. The van der Waals surface area contributed by atoms with Crippen LogP contribution in [0.2, 0.25) is 10.0 Å². The molecule has 1 aromatic rings. The van der Waals surface area contributed by atoms with E-state index in [4.69, 9.17) is 23.2 Å². The van der Waals surface area contributed by atoms with Crippen molar-refractivity contribution in [2.75, 3.05) is 26.2 Å². The third-order valence-corrected chi connectivity index (χ3v) is 4.63. The number of amides is 2. The molecule has 1 atom stereocenters. The van der Waals surface area contributed by atoms with Gasteiger partial charge in [-0.1, -0.05) is 29.6 Å². The smallest absolute Gasteiger partial charge is 0.315 e. The molecule has 0 aliphatic carbocycles. The lowest BCUT2D eigenvalue weighted by atomic mass is 10.1. The predicted molar refractivity (Wildman–Crippen MR) is 91.7 cm³/mol. The summed E-state index contributed by atoms with van der Waals surface area (Å²) in [5.41, 5.74) is 0.500. The lowest BCUT2D eigenvalue weighted by molar-refractivity contribution is 0.219. The Kier molecular flexibility index (Phi) is 6.93. The van der Waals surface area contributed by atoms with Gasteiger partial charge in [0.05, 0.1) is 11.1 Å². The molecular formula is C16H22Cl2FN3O. The summed E-state index contributed by atoms with van der Waals surface area (Å²) < 4.78 is 13.5. The highest BCUT2D eigenvalue weighted by molar-refractivity contribution is 6.35. The van der Waals surface area contributed by atoms with E-state index in [1.165, 1.54) is 31.4 Å². The van der Waals surface area contributed by atoms with Crippen molar-refractivity contribution in [3.05, 3.63) is 33.6 Å². The molecule has 1 aliphatic heterocycles. The molecule has 4 nitrogen and oxygen atoms in total. The minimum Gasteiger partial charge on any atom is -0.337 e. The lowest BCUT2D eigenvalue weighted by Crippen LogP contribution is -2.42. The zero-order valence-corrected chi connectivity index (χ0v) is 14.7. The molecular weight excluding hydrogens is 340 g/mol. The van der Waals surface area contributed by atoms with Gasteiger partial charge in [0, 0.05) is 18.1 Å². The molecule has 2 amide bonds. The van der Waals surface area contributed by atoms with E-state index >= 15 is 0 Å². The summed E-state index contributed by atoms with van der Waals surface area (Å²) >= 11 is 11.7. The maximum absolute atomic E-state index is 13.5. The van der Waals surface area contributed by atoms with Crippen LogP contribution in [-0.2, 0) is 0 Å². The molecule has 1 aromatic carbocycles. The summed E-state index contributed by atoms with van der Waals surface area (Å²) in [5.74, 6) is -0.551. The molecule has 23 heavy (non-hydrogen) atoms. The van der Waals surface area contributed by atoms with E-state index in [9.17, 15) is 9.18 Å². The summed E-state index contributed by atoms with van der Waals surface area (Å²) in [6.45, 7) is 5.37. The van der Waals surface area contributed by atoms with Gasteiger partial charge in [-0.25, -0.2) is 9.18 Å². The van der Waals surface area contributed by atoms with E-state index in [1.54, 1.807) is 6.92 Å². The number of rotatable bonds is 5. The average molecular weight is 362 g/mol. The third kappa shape index (κ3) is 5.52. The number of benzene rings is 1. The Hall–Kier alpha value is -1.04. The molecule has 0 aromatic heterocycles. The van der Waals surface area contributed by atoms with Crippen LogP contribution < -0.4 is 10.6 Å². The van der Waals surface area contributed by atoms with Crippen molar-refractivity contribution >= 4 is 29.2 Å². The van der Waals surface area contributed by atoms with Crippen molar-refractivity contribution < 1.29 is 9.18 Å². The van der Waals surface area contributed by atoms with Crippen molar-refractivity contribution in [1.82, 2.24) is 15.5 Å². The second kappa shape index (κ2) is 8.71. The molecule has 1 aliphatic rings. The number of carbonyl (C=O) groups excluding carboxylic acids is 1. The fourth-order valence-electron chi connectivity index (χ4n) is 2.71. The molecule has 0 spiro atoms. The molecule has 1 saturated heterocycles. The van der Waals surface area contributed by atoms with Crippen molar-refractivity contribution in [3.63, 3.8) is 0 Å². The van der Waals surface area contributed by atoms with Crippen LogP contribution in [0.25, 0.3) is 0 Å². The van der Waals surface area contributed by atoms with Crippen molar-refractivity contribution in [2.45, 2.75) is 32.2 Å². The summed E-state index contributed by atoms with van der Waals surface area (Å²) in [4.78, 5) is 14.3. The number of urea groups is 1. The van der Waals surface area contributed by atoms with Gasteiger partial charge in [-0.2, -0.15) is 0 Å². The number of nitrogens with zero attached hydrogens (tertiary/aromatic N) is 1. The van der Waals surface area contributed by atoms with E-state index < -0.39 is 11.9 Å². The van der Waals surface area contributed by atoms with Crippen LogP contribution in [0.4, 0.5) is 9.18 Å². The van der Waals surface area contributed by atoms with Crippen molar-refractivity contribution in [2.24, 2.45) is 0 Å². The van der Waals surface area contributed by atoms with Gasteiger partial charge < -0.3 is 15.5 Å². The molecule has 7 heteroatoms. The minimum absolute atomic E-state index is 0.0306. The largest absolute Gasteiger partial charge is 0.337 e. The first kappa shape index (κ1) is 18.3. The van der Waals surface area contributed by atoms with Gasteiger partial charge >= 0.3 is 6.03 Å². The summed E-state index contributed by atoms with van der Waals surface area (Å²) in [6.07, 6.45) is 3.74. The van der Waals surface area contributed by atoms with E-state index in [2.05, 4.69) is 15.5 Å². The summed E-state index contributed by atoms with van der Waals surface area (Å²) in [7, 11) is 0. The number of halogens is 3. The van der Waals surface area contributed by atoms with E-state index in [-0.39, 0.29) is 11.1 Å². The molecule has 128 valence electrons. The average Bonchev–Trinajstić information content (AvgIpc) is 2.51. The van der Waals surface area contributed by atoms with Gasteiger partial charge in [0.25, 0.3) is 0 Å². The quantitative estimate of drug-likeness (QED) is 0.779. The number of nitrogens with one attached hydrogen (secondary N) is 2. The van der Waals surface area contributed by atoms with Gasteiger partial charge in [0.2, 0.25) is 0 Å². The highest BCUT2D eigenvalue weighted by Gasteiger charge is 2.16. The fraction of sp³-hybridized carbons (Fsp3) is 0.562. The Morgan fingerprint density at radius 1 is 1.26 bits per heavy atom. The third-order valence-electron chi connectivity index (χ3n) is 4.02. The SMILES string of the molecule is CC(NC(=O)NCCN1CCCCC1)c1cc(F)c(Cl)cc1Cl. The van der Waals surface area contributed by atoms with Gasteiger partial charge in [-0.05, 0) is 50.6 Å². The first-order valence-corrected chi connectivity index (χ1v) is 8.64.